The van der Waals surface area contributed by atoms with Crippen molar-refractivity contribution < 1.29 is 27.3 Å². The van der Waals surface area contributed by atoms with Gasteiger partial charge in [0.05, 0.1) is 11.8 Å². The second-order valence-corrected chi connectivity index (χ2v) is 5.88. The summed E-state index contributed by atoms with van der Waals surface area (Å²) < 4.78 is 36.6. The van der Waals surface area contributed by atoms with Crippen molar-refractivity contribution in [2.24, 2.45) is 5.92 Å². The normalized spacial score (nSPS) is 14.3. The number of benzene rings is 1. The van der Waals surface area contributed by atoms with E-state index >= 15 is 0 Å². The molecule has 0 aliphatic carbocycles. The maximum Gasteiger partial charge on any atom is 0.296 e. The van der Waals surface area contributed by atoms with E-state index in [0.29, 0.717) is 0 Å². The molecule has 0 spiro atoms. The van der Waals surface area contributed by atoms with Crippen molar-refractivity contribution in [3.63, 3.8) is 0 Å². The van der Waals surface area contributed by atoms with Gasteiger partial charge in [0.2, 0.25) is 5.91 Å². The molecule has 2 N–H and O–H groups in total. The average molecular weight is 315 g/mol. The first-order valence-corrected chi connectivity index (χ1v) is 7.53. The van der Waals surface area contributed by atoms with Crippen molar-refractivity contribution in [3.05, 3.63) is 24.3 Å². The van der Waals surface area contributed by atoms with Crippen LogP contribution in [-0.2, 0) is 24.4 Å². The van der Waals surface area contributed by atoms with Gasteiger partial charge in [0.25, 0.3) is 10.1 Å². The topological polar surface area (TPSA) is 110 Å². The minimum Gasteiger partial charge on any atom is -0.380 e. The van der Waals surface area contributed by atoms with Crippen LogP contribution in [0.5, 0.6) is 0 Å². The molecule has 2 atom stereocenters. The third-order valence-corrected chi connectivity index (χ3v) is 3.90. The molecule has 116 valence electrons. The van der Waals surface area contributed by atoms with Gasteiger partial charge in [-0.1, -0.05) is 12.1 Å². The van der Waals surface area contributed by atoms with Crippen LogP contribution in [0, 0.1) is 5.92 Å². The van der Waals surface area contributed by atoms with Crippen LogP contribution in [0.1, 0.15) is 13.8 Å². The Morgan fingerprint density at radius 1 is 1.29 bits per heavy atom. The Hall–Kier alpha value is -1.77. The first-order chi connectivity index (χ1) is 9.68. The van der Waals surface area contributed by atoms with Crippen molar-refractivity contribution in [1.82, 2.24) is 0 Å². The van der Waals surface area contributed by atoms with Gasteiger partial charge in [-0.25, -0.2) is 0 Å². The van der Waals surface area contributed by atoms with Crippen molar-refractivity contribution in [2.75, 3.05) is 12.4 Å². The molecular formula is C13H17NO6S. The summed E-state index contributed by atoms with van der Waals surface area (Å²) in [5.41, 5.74) is -0.0976. The minimum atomic E-state index is -4.48. The summed E-state index contributed by atoms with van der Waals surface area (Å²) in [4.78, 5) is 23.3. The molecule has 1 aromatic carbocycles. The van der Waals surface area contributed by atoms with Gasteiger partial charge in [-0.05, 0) is 26.0 Å². The molecule has 0 radical (unpaired) electrons. The smallest absolute Gasteiger partial charge is 0.296 e. The molecular weight excluding hydrogens is 298 g/mol. The van der Waals surface area contributed by atoms with Crippen LogP contribution in [0.15, 0.2) is 29.2 Å². The highest BCUT2D eigenvalue weighted by molar-refractivity contribution is 7.86. The molecule has 0 heterocycles. The number of Topliss-reactive ketones (excluding diaryl/α,β-unsaturated/α-hetero) is 1. The van der Waals surface area contributed by atoms with Crippen LogP contribution in [0.2, 0.25) is 0 Å². The van der Waals surface area contributed by atoms with Crippen LogP contribution < -0.4 is 5.32 Å². The molecule has 21 heavy (non-hydrogen) atoms. The van der Waals surface area contributed by atoms with Crippen molar-refractivity contribution in [1.29, 1.82) is 0 Å². The fraction of sp³-hybridized carbons (Fsp3) is 0.385. The molecule has 7 nitrogen and oxygen atoms in total. The maximum atomic E-state index is 12.1. The van der Waals surface area contributed by atoms with Gasteiger partial charge in [0, 0.05) is 7.11 Å². The van der Waals surface area contributed by atoms with E-state index in [2.05, 4.69) is 5.32 Å². The number of methoxy groups -OCH3 is 1. The number of nitrogens with one attached hydrogen (secondary N) is 1. The highest BCUT2D eigenvalue weighted by atomic mass is 32.2. The van der Waals surface area contributed by atoms with Gasteiger partial charge in [-0.15, -0.1) is 0 Å². The van der Waals surface area contributed by atoms with Crippen molar-refractivity contribution in [3.8, 4) is 0 Å². The summed E-state index contributed by atoms with van der Waals surface area (Å²) in [5, 5.41) is 2.33. The number of anilines is 1. The fourth-order valence-electron chi connectivity index (χ4n) is 1.87. The Balaban J connectivity index is 3.11. The Kier molecular flexibility index (Phi) is 5.59. The van der Waals surface area contributed by atoms with E-state index in [4.69, 9.17) is 9.29 Å². The summed E-state index contributed by atoms with van der Waals surface area (Å²) >= 11 is 0. The number of carbonyl (C=O) groups excluding carboxylic acids is 2. The van der Waals surface area contributed by atoms with E-state index in [1.54, 1.807) is 6.92 Å². The van der Waals surface area contributed by atoms with E-state index in [1.165, 1.54) is 32.2 Å². The van der Waals surface area contributed by atoms with E-state index in [-0.39, 0.29) is 5.69 Å². The van der Waals surface area contributed by atoms with E-state index in [0.717, 1.165) is 6.07 Å². The van der Waals surface area contributed by atoms with Crippen LogP contribution in [0.25, 0.3) is 0 Å². The lowest BCUT2D eigenvalue weighted by Crippen LogP contribution is -2.37. The molecule has 1 aromatic rings. The average Bonchev–Trinajstić information content (AvgIpc) is 2.37. The van der Waals surface area contributed by atoms with Gasteiger partial charge in [0.1, 0.15) is 16.6 Å². The van der Waals surface area contributed by atoms with Gasteiger partial charge in [-0.2, -0.15) is 8.42 Å². The largest absolute Gasteiger partial charge is 0.380 e. The van der Waals surface area contributed by atoms with Gasteiger partial charge < -0.3 is 10.1 Å². The monoisotopic (exact) mass is 315 g/mol. The Morgan fingerprint density at radius 2 is 1.86 bits per heavy atom. The number of hydrogen-bond acceptors (Lipinski definition) is 5. The predicted octanol–water partition coefficient (Wildman–Crippen LogP) is 1.11. The lowest BCUT2D eigenvalue weighted by molar-refractivity contribution is -0.134. The zero-order chi connectivity index (χ0) is 16.2. The number of ether oxygens (including phenoxy) is 1. The number of amides is 1. The van der Waals surface area contributed by atoms with E-state index in [1.807, 2.05) is 0 Å². The number of para-hydroxylation sites is 1. The fourth-order valence-corrected chi connectivity index (χ4v) is 2.52. The summed E-state index contributed by atoms with van der Waals surface area (Å²) in [5.74, 6) is -2.19. The van der Waals surface area contributed by atoms with Crippen molar-refractivity contribution >= 4 is 27.5 Å². The zero-order valence-corrected chi connectivity index (χ0v) is 12.7. The summed E-state index contributed by atoms with van der Waals surface area (Å²) in [6.45, 7) is 2.80. The van der Waals surface area contributed by atoms with Crippen LogP contribution in [-0.4, -0.2) is 37.9 Å². The standard InChI is InChI=1S/C13H17NO6S/c1-8(15)12(9(2)20-3)13(16)14-10-6-4-5-7-11(10)21(17,18)19/h4-7,9,12H,1-3H3,(H,14,16)(H,17,18,19). The molecule has 0 aliphatic rings. The number of hydrogen-bond donors (Lipinski definition) is 2. The quantitative estimate of drug-likeness (QED) is 0.601. The summed E-state index contributed by atoms with van der Waals surface area (Å²) in [7, 11) is -3.12. The Labute approximate surface area is 123 Å². The summed E-state index contributed by atoms with van der Waals surface area (Å²) in [6.07, 6.45) is -0.666. The number of carbonyl (C=O) groups is 2. The number of ketones is 1. The van der Waals surface area contributed by atoms with Crippen LogP contribution in [0.3, 0.4) is 0 Å². The third kappa shape index (κ3) is 4.35. The molecule has 1 rings (SSSR count). The van der Waals surface area contributed by atoms with Gasteiger partial charge >= 0.3 is 0 Å². The Bertz CT molecular complexity index is 640. The first-order valence-electron chi connectivity index (χ1n) is 6.09. The Morgan fingerprint density at radius 3 is 2.33 bits per heavy atom. The van der Waals surface area contributed by atoms with E-state index in [9.17, 15) is 18.0 Å². The highest BCUT2D eigenvalue weighted by Crippen LogP contribution is 2.22. The first kappa shape index (κ1) is 17.3. The molecule has 2 unspecified atom stereocenters. The lowest BCUT2D eigenvalue weighted by Gasteiger charge is -2.20. The number of rotatable bonds is 6. The lowest BCUT2D eigenvalue weighted by atomic mass is 9.98. The zero-order valence-electron chi connectivity index (χ0n) is 11.9. The van der Waals surface area contributed by atoms with E-state index < -0.39 is 38.7 Å². The van der Waals surface area contributed by atoms with Crippen LogP contribution in [0.4, 0.5) is 5.69 Å². The molecule has 0 aliphatic heterocycles. The van der Waals surface area contributed by atoms with Crippen molar-refractivity contribution in [2.45, 2.75) is 24.8 Å². The second-order valence-electron chi connectivity index (χ2n) is 4.49. The summed E-state index contributed by atoms with van der Waals surface area (Å²) in [6, 6.07) is 5.36. The van der Waals surface area contributed by atoms with Gasteiger partial charge in [-0.3, -0.25) is 14.1 Å². The molecule has 0 saturated carbocycles. The second kappa shape index (κ2) is 6.79. The molecule has 0 fully saturated rings. The third-order valence-electron chi connectivity index (χ3n) is 2.98. The van der Waals surface area contributed by atoms with Crippen LogP contribution >= 0.6 is 0 Å². The maximum absolute atomic E-state index is 12.1. The molecule has 0 aromatic heterocycles. The minimum absolute atomic E-state index is 0.0976. The van der Waals surface area contributed by atoms with Gasteiger partial charge in [0.15, 0.2) is 0 Å². The molecule has 1 amide bonds. The molecule has 8 heteroatoms. The molecule has 0 saturated heterocycles. The molecule has 0 bridgehead atoms. The predicted molar refractivity (Wildman–Crippen MR) is 75.5 cm³/mol. The SMILES string of the molecule is COC(C)C(C(C)=O)C(=O)Nc1ccccc1S(=O)(=O)O. The highest BCUT2D eigenvalue weighted by Gasteiger charge is 2.30.